The van der Waals surface area contributed by atoms with Crippen LogP contribution in [0.5, 0.6) is 17.2 Å². The minimum absolute atomic E-state index is 0.111. The molecule has 0 saturated carbocycles. The van der Waals surface area contributed by atoms with Gasteiger partial charge in [-0.2, -0.15) is 13.2 Å². The van der Waals surface area contributed by atoms with Gasteiger partial charge in [-0.3, -0.25) is 0 Å². The second kappa shape index (κ2) is 9.26. The molecular formula is C22H22ClF3O5. The first-order valence-electron chi connectivity index (χ1n) is 9.82. The second-order valence-corrected chi connectivity index (χ2v) is 7.63. The van der Waals surface area contributed by atoms with Gasteiger partial charge in [0.05, 0.1) is 23.8 Å². The molecule has 5 nitrogen and oxygen atoms in total. The van der Waals surface area contributed by atoms with Crippen LogP contribution in [0.4, 0.5) is 13.2 Å². The van der Waals surface area contributed by atoms with Crippen molar-refractivity contribution in [2.45, 2.75) is 44.4 Å². The van der Waals surface area contributed by atoms with E-state index in [2.05, 4.69) is 0 Å². The maximum Gasteiger partial charge on any atom is 0.416 e. The number of aryl methyl sites for hydroxylation is 1. The maximum atomic E-state index is 12.7. The third kappa shape index (κ3) is 5.36. The standard InChI is InChI=1S/C22H22ClF3O5/c1-2-21(20(27)28)9-8-14-4-6-16(13-19(14)31-21)29-10-3-11-30-18-7-5-15(12-17(18)23)22(24,25)26/h4-7,12-13H,2-3,8-11H2,1H3,(H,27,28)/t21-/m1/s1. The van der Waals surface area contributed by atoms with Gasteiger partial charge >= 0.3 is 12.1 Å². The lowest BCUT2D eigenvalue weighted by molar-refractivity contribution is -0.157. The molecule has 0 aromatic heterocycles. The Morgan fingerprint density at radius 3 is 2.58 bits per heavy atom. The molecule has 1 aliphatic heterocycles. The molecule has 31 heavy (non-hydrogen) atoms. The Labute approximate surface area is 182 Å². The molecule has 3 rings (SSSR count). The van der Waals surface area contributed by atoms with E-state index in [0.29, 0.717) is 37.2 Å². The van der Waals surface area contributed by atoms with Gasteiger partial charge in [-0.1, -0.05) is 24.6 Å². The van der Waals surface area contributed by atoms with Gasteiger partial charge in [0, 0.05) is 18.9 Å². The second-order valence-electron chi connectivity index (χ2n) is 7.22. The predicted molar refractivity (Wildman–Crippen MR) is 108 cm³/mol. The monoisotopic (exact) mass is 458 g/mol. The summed E-state index contributed by atoms with van der Waals surface area (Å²) in [4.78, 5) is 11.6. The minimum atomic E-state index is -4.46. The molecule has 0 bridgehead atoms. The fourth-order valence-corrected chi connectivity index (χ4v) is 3.54. The molecule has 1 N–H and O–H groups in total. The Hall–Kier alpha value is -2.61. The van der Waals surface area contributed by atoms with Crippen molar-refractivity contribution < 1.29 is 37.3 Å². The molecule has 1 heterocycles. The van der Waals surface area contributed by atoms with E-state index in [0.717, 1.165) is 17.7 Å². The Bertz CT molecular complexity index is 947. The number of carbonyl (C=O) groups is 1. The summed E-state index contributed by atoms with van der Waals surface area (Å²) in [5, 5.41) is 9.41. The Morgan fingerprint density at radius 1 is 1.19 bits per heavy atom. The zero-order valence-corrected chi connectivity index (χ0v) is 17.6. The van der Waals surface area contributed by atoms with Crippen molar-refractivity contribution in [3.63, 3.8) is 0 Å². The van der Waals surface area contributed by atoms with Gasteiger partial charge in [-0.25, -0.2) is 4.79 Å². The van der Waals surface area contributed by atoms with E-state index in [4.69, 9.17) is 25.8 Å². The Balaban J connectivity index is 1.51. The van der Waals surface area contributed by atoms with Crippen LogP contribution in [0.1, 0.15) is 37.3 Å². The highest BCUT2D eigenvalue weighted by Gasteiger charge is 2.42. The Kier molecular flexibility index (Phi) is 6.89. The number of carboxylic acids is 1. The van der Waals surface area contributed by atoms with Crippen LogP contribution in [0, 0.1) is 0 Å². The molecule has 0 amide bonds. The van der Waals surface area contributed by atoms with E-state index in [-0.39, 0.29) is 24.0 Å². The van der Waals surface area contributed by atoms with Crippen molar-refractivity contribution in [2.24, 2.45) is 0 Å². The third-order valence-electron chi connectivity index (χ3n) is 5.18. The van der Waals surface area contributed by atoms with Crippen LogP contribution in [0.3, 0.4) is 0 Å². The number of carboxylic acid groups (broad SMARTS) is 1. The minimum Gasteiger partial charge on any atom is -0.493 e. The number of hydrogen-bond acceptors (Lipinski definition) is 4. The van der Waals surface area contributed by atoms with Crippen LogP contribution in [-0.4, -0.2) is 29.9 Å². The van der Waals surface area contributed by atoms with Gasteiger partial charge in [0.1, 0.15) is 17.2 Å². The number of aliphatic carboxylic acids is 1. The van der Waals surface area contributed by atoms with E-state index in [1.165, 1.54) is 6.07 Å². The van der Waals surface area contributed by atoms with Crippen LogP contribution in [0.25, 0.3) is 0 Å². The molecule has 1 atom stereocenters. The molecule has 9 heteroatoms. The number of alkyl halides is 3. The van der Waals surface area contributed by atoms with Crippen LogP contribution in [-0.2, 0) is 17.4 Å². The van der Waals surface area contributed by atoms with Gasteiger partial charge < -0.3 is 19.3 Å². The highest BCUT2D eigenvalue weighted by molar-refractivity contribution is 6.32. The van der Waals surface area contributed by atoms with Crippen LogP contribution in [0.15, 0.2) is 36.4 Å². The molecule has 0 aliphatic carbocycles. The zero-order valence-electron chi connectivity index (χ0n) is 16.8. The molecular weight excluding hydrogens is 437 g/mol. The van der Waals surface area contributed by atoms with Crippen molar-refractivity contribution >= 4 is 17.6 Å². The SMILES string of the molecule is CC[C@]1(C(=O)O)CCc2ccc(OCCCOc3ccc(C(F)(F)F)cc3Cl)cc2O1. The van der Waals surface area contributed by atoms with Crippen molar-refractivity contribution in [1.82, 2.24) is 0 Å². The van der Waals surface area contributed by atoms with Gasteiger partial charge in [-0.15, -0.1) is 0 Å². The highest BCUT2D eigenvalue weighted by Crippen LogP contribution is 2.38. The summed E-state index contributed by atoms with van der Waals surface area (Å²) in [6.45, 7) is 2.27. The number of fused-ring (bicyclic) bond motifs is 1. The van der Waals surface area contributed by atoms with E-state index in [9.17, 15) is 23.1 Å². The topological polar surface area (TPSA) is 65.0 Å². The smallest absolute Gasteiger partial charge is 0.416 e. The number of halogens is 4. The molecule has 0 radical (unpaired) electrons. The molecule has 0 saturated heterocycles. The summed E-state index contributed by atoms with van der Waals surface area (Å²) in [6, 6.07) is 8.25. The Morgan fingerprint density at radius 2 is 1.94 bits per heavy atom. The molecule has 0 spiro atoms. The molecule has 0 unspecified atom stereocenters. The molecule has 0 fully saturated rings. The van der Waals surface area contributed by atoms with Crippen molar-refractivity contribution in [3.05, 3.63) is 52.5 Å². The van der Waals surface area contributed by atoms with E-state index < -0.39 is 23.3 Å². The summed E-state index contributed by atoms with van der Waals surface area (Å²) in [7, 11) is 0. The number of ether oxygens (including phenoxy) is 3. The lowest BCUT2D eigenvalue weighted by atomic mass is 9.89. The fraction of sp³-hybridized carbons (Fsp3) is 0.409. The van der Waals surface area contributed by atoms with Crippen molar-refractivity contribution in [3.8, 4) is 17.2 Å². The number of hydrogen-bond donors (Lipinski definition) is 1. The van der Waals surface area contributed by atoms with Gasteiger partial charge in [-0.05, 0) is 42.7 Å². The predicted octanol–water partition coefficient (Wildman–Crippen LogP) is 5.77. The summed E-state index contributed by atoms with van der Waals surface area (Å²) < 4.78 is 54.9. The van der Waals surface area contributed by atoms with E-state index in [1.807, 2.05) is 6.07 Å². The fourth-order valence-electron chi connectivity index (χ4n) is 3.30. The first kappa shape index (κ1) is 23.1. The average molecular weight is 459 g/mol. The number of rotatable bonds is 8. The maximum absolute atomic E-state index is 12.7. The normalized spacial score (nSPS) is 18.1. The lowest BCUT2D eigenvalue weighted by Crippen LogP contribution is -2.46. The van der Waals surface area contributed by atoms with Gasteiger partial charge in [0.2, 0.25) is 5.60 Å². The summed E-state index contributed by atoms with van der Waals surface area (Å²) in [5.74, 6) is 0.219. The van der Waals surface area contributed by atoms with E-state index in [1.54, 1.807) is 19.1 Å². The lowest BCUT2D eigenvalue weighted by Gasteiger charge is -2.34. The van der Waals surface area contributed by atoms with Crippen molar-refractivity contribution in [1.29, 1.82) is 0 Å². The summed E-state index contributed by atoms with van der Waals surface area (Å²) >= 11 is 5.86. The van der Waals surface area contributed by atoms with Crippen LogP contribution >= 0.6 is 11.6 Å². The van der Waals surface area contributed by atoms with Gasteiger partial charge in [0.15, 0.2) is 0 Å². The quantitative estimate of drug-likeness (QED) is 0.509. The molecule has 2 aromatic rings. The largest absolute Gasteiger partial charge is 0.493 e. The summed E-state index contributed by atoms with van der Waals surface area (Å²) in [6.07, 6.45) is -2.62. The third-order valence-corrected chi connectivity index (χ3v) is 5.47. The van der Waals surface area contributed by atoms with Crippen LogP contribution in [0.2, 0.25) is 5.02 Å². The average Bonchev–Trinajstić information content (AvgIpc) is 2.73. The summed E-state index contributed by atoms with van der Waals surface area (Å²) in [5.41, 5.74) is -1.13. The highest BCUT2D eigenvalue weighted by atomic mass is 35.5. The first-order chi connectivity index (χ1) is 14.6. The molecule has 2 aromatic carbocycles. The number of benzene rings is 2. The van der Waals surface area contributed by atoms with Crippen LogP contribution < -0.4 is 14.2 Å². The molecule has 1 aliphatic rings. The van der Waals surface area contributed by atoms with E-state index >= 15 is 0 Å². The van der Waals surface area contributed by atoms with Gasteiger partial charge in [0.25, 0.3) is 0 Å². The zero-order chi connectivity index (χ0) is 22.6. The molecule has 168 valence electrons. The first-order valence-corrected chi connectivity index (χ1v) is 10.2. The van der Waals surface area contributed by atoms with Crippen molar-refractivity contribution in [2.75, 3.05) is 13.2 Å².